The van der Waals surface area contributed by atoms with Gasteiger partial charge in [-0.25, -0.2) is 0 Å². The molecule has 24 heavy (non-hydrogen) atoms. The van der Waals surface area contributed by atoms with Gasteiger partial charge in [-0.1, -0.05) is 17.7 Å². The smallest absolute Gasteiger partial charge is 0.264 e. The Balaban J connectivity index is 2.45. The molecule has 6 heteroatoms. The van der Waals surface area contributed by atoms with Crippen LogP contribution in [-0.2, 0) is 14.1 Å². The molecule has 0 saturated heterocycles. The first-order valence-corrected chi connectivity index (χ1v) is 8.72. The molecule has 0 atom stereocenters. The van der Waals surface area contributed by atoms with E-state index in [0.717, 1.165) is 11.1 Å². The fraction of sp³-hybridized carbons (Fsp3) is 0.333. The third-order valence-electron chi connectivity index (χ3n) is 4.40. The number of aromatic nitrogens is 3. The van der Waals surface area contributed by atoms with Crippen molar-refractivity contribution in [3.05, 3.63) is 45.4 Å². The van der Waals surface area contributed by atoms with Crippen LogP contribution in [0.3, 0.4) is 0 Å². The summed E-state index contributed by atoms with van der Waals surface area (Å²) in [6.45, 7) is 6.29. The highest BCUT2D eigenvalue weighted by atomic mass is 127. The van der Waals surface area contributed by atoms with Crippen LogP contribution in [-0.4, -0.2) is 21.2 Å². The van der Waals surface area contributed by atoms with Crippen LogP contribution in [0.15, 0.2) is 23.1 Å². The molecule has 0 fully saturated rings. The zero-order valence-corrected chi connectivity index (χ0v) is 17.0. The van der Waals surface area contributed by atoms with Crippen molar-refractivity contribution in [2.24, 2.45) is 14.1 Å². The second kappa shape index (κ2) is 5.91. The number of fused-ring (bicyclic) bond motifs is 1. The van der Waals surface area contributed by atoms with Crippen molar-refractivity contribution < 1.29 is 0 Å². The summed E-state index contributed by atoms with van der Waals surface area (Å²) in [5.41, 5.74) is 6.36. The maximum atomic E-state index is 13.0. The minimum Gasteiger partial charge on any atom is -0.335 e. The first-order valence-electron chi connectivity index (χ1n) is 7.76. The Labute approximate surface area is 155 Å². The number of benzene rings is 1. The van der Waals surface area contributed by atoms with Crippen molar-refractivity contribution in [2.45, 2.75) is 20.8 Å². The predicted octanol–water partition coefficient (Wildman–Crippen LogP) is 3.65. The second-order valence-electron chi connectivity index (χ2n) is 6.38. The summed E-state index contributed by atoms with van der Waals surface area (Å²) in [5.74, 6) is 0.637. The van der Waals surface area contributed by atoms with Gasteiger partial charge in [-0.05, 0) is 37.5 Å². The number of halogens is 1. The Hall–Kier alpha value is -1.83. The van der Waals surface area contributed by atoms with E-state index in [1.54, 1.807) is 11.6 Å². The molecule has 3 aromatic rings. The molecule has 0 aliphatic rings. The van der Waals surface area contributed by atoms with E-state index in [4.69, 9.17) is 4.98 Å². The van der Waals surface area contributed by atoms with Crippen molar-refractivity contribution in [3.63, 3.8) is 0 Å². The molecule has 0 amide bonds. The average Bonchev–Trinajstić information content (AvgIpc) is 2.78. The third-order valence-corrected chi connectivity index (χ3v) is 4.83. The molecule has 3 rings (SSSR count). The van der Waals surface area contributed by atoms with Gasteiger partial charge in [0.15, 0.2) is 0 Å². The summed E-state index contributed by atoms with van der Waals surface area (Å²) >= 11 is 2.13. The third kappa shape index (κ3) is 2.53. The van der Waals surface area contributed by atoms with Crippen LogP contribution in [0.25, 0.3) is 22.2 Å². The molecule has 2 heterocycles. The molecule has 126 valence electrons. The molecule has 0 unspecified atom stereocenters. The van der Waals surface area contributed by atoms with Crippen LogP contribution < -0.4 is 8.67 Å². The molecule has 0 aliphatic carbocycles. The van der Waals surface area contributed by atoms with E-state index in [1.807, 2.05) is 28.0 Å². The van der Waals surface area contributed by atoms with Crippen LogP contribution in [0.5, 0.6) is 0 Å². The standard InChI is InChI=1S/C18H21IN4O/c1-10-7-11(2)14(12(3)8-10)13-9-21(4)16-15(13)17(24)22(5)18(20-16)23(6)19/h7-9H,1-6H3. The lowest BCUT2D eigenvalue weighted by molar-refractivity contribution is 0.832. The molecule has 0 bridgehead atoms. The van der Waals surface area contributed by atoms with E-state index < -0.39 is 0 Å². The van der Waals surface area contributed by atoms with Crippen molar-refractivity contribution >= 4 is 39.8 Å². The Morgan fingerprint density at radius 3 is 2.25 bits per heavy atom. The van der Waals surface area contributed by atoms with Gasteiger partial charge < -0.3 is 4.57 Å². The first-order chi connectivity index (χ1) is 11.2. The first kappa shape index (κ1) is 17.0. The summed E-state index contributed by atoms with van der Waals surface area (Å²) in [5, 5.41) is 0.678. The summed E-state index contributed by atoms with van der Waals surface area (Å²) < 4.78 is 5.37. The van der Waals surface area contributed by atoms with E-state index in [-0.39, 0.29) is 5.56 Å². The lowest BCUT2D eigenvalue weighted by atomic mass is 9.94. The molecule has 0 N–H and O–H groups in total. The summed E-state index contributed by atoms with van der Waals surface area (Å²) in [7, 11) is 5.59. The second-order valence-corrected chi connectivity index (χ2v) is 7.83. The molecule has 0 aliphatic heterocycles. The highest BCUT2D eigenvalue weighted by molar-refractivity contribution is 14.1. The van der Waals surface area contributed by atoms with Gasteiger partial charge in [0.2, 0.25) is 5.95 Å². The van der Waals surface area contributed by atoms with E-state index in [9.17, 15) is 4.79 Å². The molecular weight excluding hydrogens is 415 g/mol. The van der Waals surface area contributed by atoms with Crippen LogP contribution in [0, 0.1) is 20.8 Å². The van der Waals surface area contributed by atoms with Crippen molar-refractivity contribution in [3.8, 4) is 11.1 Å². The molecule has 0 saturated carbocycles. The fourth-order valence-corrected chi connectivity index (χ4v) is 3.89. The zero-order valence-electron chi connectivity index (χ0n) is 14.8. The minimum atomic E-state index is -0.0199. The van der Waals surface area contributed by atoms with Gasteiger partial charge in [0.05, 0.1) is 28.3 Å². The minimum absolute atomic E-state index is 0.0199. The van der Waals surface area contributed by atoms with E-state index in [2.05, 4.69) is 55.8 Å². The number of nitrogens with zero attached hydrogens (tertiary/aromatic N) is 4. The molecule has 5 nitrogen and oxygen atoms in total. The largest absolute Gasteiger partial charge is 0.335 e. The Kier molecular flexibility index (Phi) is 4.19. The number of anilines is 1. The summed E-state index contributed by atoms with van der Waals surface area (Å²) in [6.07, 6.45) is 2.01. The van der Waals surface area contributed by atoms with E-state index >= 15 is 0 Å². The Bertz CT molecular complexity index is 991. The lowest BCUT2D eigenvalue weighted by Crippen LogP contribution is -2.24. The molecule has 1 aromatic carbocycles. The zero-order chi connectivity index (χ0) is 17.8. The van der Waals surface area contributed by atoms with Gasteiger partial charge in [-0.2, -0.15) is 4.98 Å². The predicted molar refractivity (Wildman–Crippen MR) is 108 cm³/mol. The fourth-order valence-electron chi connectivity index (χ4n) is 3.46. The highest BCUT2D eigenvalue weighted by Gasteiger charge is 2.20. The average molecular weight is 436 g/mol. The van der Waals surface area contributed by atoms with Gasteiger partial charge in [0, 0.05) is 32.9 Å². The monoisotopic (exact) mass is 436 g/mol. The van der Waals surface area contributed by atoms with Gasteiger partial charge in [-0.15, -0.1) is 0 Å². The summed E-state index contributed by atoms with van der Waals surface area (Å²) in [4.78, 5) is 17.7. The maximum absolute atomic E-state index is 13.0. The van der Waals surface area contributed by atoms with Crippen molar-refractivity contribution in [1.82, 2.24) is 14.1 Å². The Morgan fingerprint density at radius 1 is 1.12 bits per heavy atom. The maximum Gasteiger partial charge on any atom is 0.264 e. The topological polar surface area (TPSA) is 43.1 Å². The molecular formula is C18H21IN4O. The highest BCUT2D eigenvalue weighted by Crippen LogP contribution is 2.33. The molecule has 2 aromatic heterocycles. The molecule has 0 radical (unpaired) electrons. The normalized spacial score (nSPS) is 11.3. The SMILES string of the molecule is Cc1cc(C)c(-c2cn(C)c3nc(N(C)I)n(C)c(=O)c23)c(C)c1. The van der Waals surface area contributed by atoms with Gasteiger partial charge in [0.25, 0.3) is 5.56 Å². The van der Waals surface area contributed by atoms with E-state index in [0.29, 0.717) is 17.0 Å². The number of aryl methyl sites for hydroxylation is 4. The van der Waals surface area contributed by atoms with Crippen LogP contribution >= 0.6 is 22.9 Å². The van der Waals surface area contributed by atoms with Gasteiger partial charge in [-0.3, -0.25) is 12.5 Å². The van der Waals surface area contributed by atoms with Crippen molar-refractivity contribution in [1.29, 1.82) is 0 Å². The van der Waals surface area contributed by atoms with Crippen molar-refractivity contribution in [2.75, 3.05) is 10.2 Å². The lowest BCUT2D eigenvalue weighted by Gasteiger charge is -2.14. The van der Waals surface area contributed by atoms with Crippen LogP contribution in [0.2, 0.25) is 0 Å². The van der Waals surface area contributed by atoms with Gasteiger partial charge >= 0.3 is 0 Å². The van der Waals surface area contributed by atoms with Crippen LogP contribution in [0.4, 0.5) is 5.95 Å². The number of hydrogen-bond donors (Lipinski definition) is 0. The van der Waals surface area contributed by atoms with Crippen LogP contribution in [0.1, 0.15) is 16.7 Å². The van der Waals surface area contributed by atoms with E-state index in [1.165, 1.54) is 16.7 Å². The Morgan fingerprint density at radius 2 is 1.71 bits per heavy atom. The summed E-state index contributed by atoms with van der Waals surface area (Å²) in [6, 6.07) is 4.32. The molecule has 0 spiro atoms. The number of rotatable bonds is 2. The number of hydrogen-bond acceptors (Lipinski definition) is 3. The van der Waals surface area contributed by atoms with Gasteiger partial charge in [0.1, 0.15) is 5.65 Å². The quantitative estimate of drug-likeness (QED) is 0.455.